The van der Waals surface area contributed by atoms with Crippen LogP contribution in [0.25, 0.3) is 0 Å². The number of ether oxygens (including phenoxy) is 1. The molecule has 17 heavy (non-hydrogen) atoms. The number of hydrogen-bond acceptors (Lipinski definition) is 4. The molecule has 0 saturated heterocycles. The van der Waals surface area contributed by atoms with Crippen molar-refractivity contribution < 1.29 is 14.9 Å². The number of rotatable bonds is 6. The van der Waals surface area contributed by atoms with Crippen molar-refractivity contribution >= 4 is 15.9 Å². The summed E-state index contributed by atoms with van der Waals surface area (Å²) in [6.45, 7) is 0.941. The lowest BCUT2D eigenvalue weighted by molar-refractivity contribution is 0.0648. The van der Waals surface area contributed by atoms with Crippen LogP contribution in [-0.2, 0) is 6.54 Å². The van der Waals surface area contributed by atoms with Crippen molar-refractivity contribution in [2.45, 2.75) is 12.6 Å². The Morgan fingerprint density at radius 1 is 1.47 bits per heavy atom. The third kappa shape index (κ3) is 4.63. The Kier molecular flexibility index (Phi) is 5.91. The Morgan fingerprint density at radius 2 is 2.18 bits per heavy atom. The van der Waals surface area contributed by atoms with Gasteiger partial charge >= 0.3 is 0 Å². The molecule has 1 unspecified atom stereocenters. The van der Waals surface area contributed by atoms with Crippen molar-refractivity contribution in [2.24, 2.45) is 0 Å². The lowest BCUT2D eigenvalue weighted by Gasteiger charge is -2.19. The van der Waals surface area contributed by atoms with Crippen LogP contribution in [-0.4, -0.2) is 48.5 Å². The first-order chi connectivity index (χ1) is 8.06. The molecule has 0 heterocycles. The number of aliphatic hydroxyl groups excluding tert-OH is 2. The third-order valence-electron chi connectivity index (χ3n) is 2.40. The fourth-order valence-corrected chi connectivity index (χ4v) is 2.19. The molecular formula is C12H18BrNO3. The first-order valence-corrected chi connectivity index (χ1v) is 6.16. The summed E-state index contributed by atoms with van der Waals surface area (Å²) in [7, 11) is 3.53. The Hall–Kier alpha value is -0.620. The second-order valence-corrected chi connectivity index (χ2v) is 4.86. The maximum absolute atomic E-state index is 9.32. The predicted octanol–water partition coefficient (Wildman–Crippen LogP) is 1.24. The molecule has 5 heteroatoms. The molecule has 0 fully saturated rings. The molecule has 0 radical (unpaired) electrons. The molecule has 2 N–H and O–H groups in total. The van der Waals surface area contributed by atoms with E-state index in [4.69, 9.17) is 9.84 Å². The van der Waals surface area contributed by atoms with E-state index in [-0.39, 0.29) is 6.61 Å². The molecule has 0 aromatic heterocycles. The fourth-order valence-electron chi connectivity index (χ4n) is 1.60. The minimum Gasteiger partial charge on any atom is -0.496 e. The normalized spacial score (nSPS) is 12.8. The number of hydrogen-bond donors (Lipinski definition) is 2. The van der Waals surface area contributed by atoms with Crippen LogP contribution in [0.2, 0.25) is 0 Å². The van der Waals surface area contributed by atoms with Gasteiger partial charge in [-0.2, -0.15) is 0 Å². The highest BCUT2D eigenvalue weighted by Crippen LogP contribution is 2.25. The maximum atomic E-state index is 9.32. The Balaban J connectivity index is 2.59. The van der Waals surface area contributed by atoms with E-state index in [1.807, 2.05) is 30.1 Å². The summed E-state index contributed by atoms with van der Waals surface area (Å²) in [5.74, 6) is 0.798. The van der Waals surface area contributed by atoms with E-state index < -0.39 is 6.10 Å². The van der Waals surface area contributed by atoms with Crippen LogP contribution in [0.4, 0.5) is 0 Å². The summed E-state index contributed by atoms with van der Waals surface area (Å²) in [5.41, 5.74) is 1.12. The molecule has 0 spiro atoms. The molecule has 4 nitrogen and oxygen atoms in total. The van der Waals surface area contributed by atoms with Gasteiger partial charge in [0.2, 0.25) is 0 Å². The van der Waals surface area contributed by atoms with Gasteiger partial charge in [-0.05, 0) is 40.7 Å². The molecule has 0 aliphatic rings. The number of benzene rings is 1. The zero-order valence-electron chi connectivity index (χ0n) is 10.1. The van der Waals surface area contributed by atoms with E-state index in [0.29, 0.717) is 13.1 Å². The Bertz CT molecular complexity index is 360. The average Bonchev–Trinajstić information content (AvgIpc) is 2.29. The summed E-state index contributed by atoms with van der Waals surface area (Å²) in [6.07, 6.45) is -0.693. The highest BCUT2D eigenvalue weighted by Gasteiger charge is 2.08. The van der Waals surface area contributed by atoms with Gasteiger partial charge in [-0.3, -0.25) is 4.90 Å². The highest BCUT2D eigenvalue weighted by molar-refractivity contribution is 9.10. The van der Waals surface area contributed by atoms with E-state index in [1.54, 1.807) is 7.11 Å². The van der Waals surface area contributed by atoms with Gasteiger partial charge in [0, 0.05) is 13.1 Å². The van der Waals surface area contributed by atoms with Gasteiger partial charge in [-0.25, -0.2) is 0 Å². The second kappa shape index (κ2) is 6.96. The zero-order chi connectivity index (χ0) is 12.8. The average molecular weight is 304 g/mol. The van der Waals surface area contributed by atoms with Crippen LogP contribution in [0.1, 0.15) is 5.56 Å². The molecule has 1 rings (SSSR count). The van der Waals surface area contributed by atoms with Gasteiger partial charge in [0.25, 0.3) is 0 Å². The number of aliphatic hydroxyl groups is 2. The van der Waals surface area contributed by atoms with Gasteiger partial charge in [-0.1, -0.05) is 6.07 Å². The van der Waals surface area contributed by atoms with Crippen molar-refractivity contribution in [1.82, 2.24) is 4.90 Å². The molecule has 1 atom stereocenters. The first kappa shape index (κ1) is 14.4. The van der Waals surface area contributed by atoms with Gasteiger partial charge in [0.1, 0.15) is 5.75 Å². The third-order valence-corrected chi connectivity index (χ3v) is 3.02. The minimum absolute atomic E-state index is 0.212. The van der Waals surface area contributed by atoms with Crippen LogP contribution >= 0.6 is 15.9 Å². The number of nitrogens with zero attached hydrogens (tertiary/aromatic N) is 1. The molecule has 0 aliphatic carbocycles. The first-order valence-electron chi connectivity index (χ1n) is 5.36. The monoisotopic (exact) mass is 303 g/mol. The lowest BCUT2D eigenvalue weighted by atomic mass is 10.2. The molecule has 1 aromatic rings. The lowest BCUT2D eigenvalue weighted by Crippen LogP contribution is -2.30. The molecule has 0 aliphatic heterocycles. The minimum atomic E-state index is -0.693. The highest BCUT2D eigenvalue weighted by atomic mass is 79.9. The Morgan fingerprint density at radius 3 is 2.71 bits per heavy atom. The van der Waals surface area contributed by atoms with Gasteiger partial charge in [-0.15, -0.1) is 0 Å². The molecule has 0 amide bonds. The predicted molar refractivity (Wildman–Crippen MR) is 70.1 cm³/mol. The summed E-state index contributed by atoms with van der Waals surface area (Å²) in [6, 6.07) is 5.86. The summed E-state index contributed by atoms with van der Waals surface area (Å²) >= 11 is 3.43. The number of likely N-dealkylation sites (N-methyl/N-ethyl adjacent to an activating group) is 1. The van der Waals surface area contributed by atoms with E-state index in [2.05, 4.69) is 15.9 Å². The van der Waals surface area contributed by atoms with Crippen molar-refractivity contribution in [3.05, 3.63) is 28.2 Å². The van der Waals surface area contributed by atoms with Crippen LogP contribution in [0, 0.1) is 0 Å². The summed E-state index contributed by atoms with van der Waals surface area (Å²) in [4.78, 5) is 1.95. The van der Waals surface area contributed by atoms with Crippen LogP contribution in [0.3, 0.4) is 0 Å². The molecular weight excluding hydrogens is 286 g/mol. The quantitative estimate of drug-likeness (QED) is 0.830. The standard InChI is InChI=1S/C12H18BrNO3/c1-14(7-10(16)8-15)6-9-3-4-12(17-2)11(13)5-9/h3-5,10,15-16H,6-8H2,1-2H3. The largest absolute Gasteiger partial charge is 0.496 e. The van der Waals surface area contributed by atoms with E-state index in [0.717, 1.165) is 15.8 Å². The van der Waals surface area contributed by atoms with Crippen LogP contribution in [0.15, 0.2) is 22.7 Å². The van der Waals surface area contributed by atoms with Crippen molar-refractivity contribution in [3.8, 4) is 5.75 Å². The number of methoxy groups -OCH3 is 1. The summed E-state index contributed by atoms with van der Waals surface area (Å²) in [5, 5.41) is 18.1. The smallest absolute Gasteiger partial charge is 0.133 e. The van der Waals surface area contributed by atoms with E-state index in [1.165, 1.54) is 0 Å². The van der Waals surface area contributed by atoms with Gasteiger partial charge in [0.15, 0.2) is 0 Å². The van der Waals surface area contributed by atoms with Crippen LogP contribution in [0.5, 0.6) is 5.75 Å². The van der Waals surface area contributed by atoms with Crippen molar-refractivity contribution in [1.29, 1.82) is 0 Å². The topological polar surface area (TPSA) is 52.9 Å². The number of halogens is 1. The molecule has 0 saturated carbocycles. The zero-order valence-corrected chi connectivity index (χ0v) is 11.6. The van der Waals surface area contributed by atoms with Gasteiger partial charge < -0.3 is 14.9 Å². The van der Waals surface area contributed by atoms with Crippen molar-refractivity contribution in [3.63, 3.8) is 0 Å². The molecule has 1 aromatic carbocycles. The second-order valence-electron chi connectivity index (χ2n) is 4.00. The summed E-state index contributed by atoms with van der Waals surface area (Å²) < 4.78 is 6.06. The van der Waals surface area contributed by atoms with Gasteiger partial charge in [0.05, 0.1) is 24.3 Å². The SMILES string of the molecule is COc1ccc(CN(C)CC(O)CO)cc1Br. The Labute approximate surface area is 110 Å². The van der Waals surface area contributed by atoms with Crippen LogP contribution < -0.4 is 4.74 Å². The van der Waals surface area contributed by atoms with Crippen molar-refractivity contribution in [2.75, 3.05) is 27.3 Å². The fraction of sp³-hybridized carbons (Fsp3) is 0.500. The van der Waals surface area contributed by atoms with E-state index >= 15 is 0 Å². The molecule has 96 valence electrons. The maximum Gasteiger partial charge on any atom is 0.133 e. The molecule has 0 bridgehead atoms. The van der Waals surface area contributed by atoms with E-state index in [9.17, 15) is 5.11 Å².